The number of carbonyl (C=O) groups is 2. The number of methoxy groups -OCH3 is 1. The van der Waals surface area contributed by atoms with E-state index in [2.05, 4.69) is 20.9 Å². The summed E-state index contributed by atoms with van der Waals surface area (Å²) in [6, 6.07) is 12.0. The summed E-state index contributed by atoms with van der Waals surface area (Å²) in [5, 5.41) is 8.77. The van der Waals surface area contributed by atoms with Crippen molar-refractivity contribution in [3.63, 3.8) is 0 Å². The number of thiazole rings is 1. The minimum absolute atomic E-state index is 0.0452. The van der Waals surface area contributed by atoms with E-state index in [1.54, 1.807) is 31.4 Å². The zero-order chi connectivity index (χ0) is 19.4. The molecular weight excluding hydrogens is 364 g/mol. The summed E-state index contributed by atoms with van der Waals surface area (Å²) in [6.07, 6.45) is 0. The third kappa shape index (κ3) is 4.73. The lowest BCUT2D eigenvalue weighted by Crippen LogP contribution is -2.34. The summed E-state index contributed by atoms with van der Waals surface area (Å²) in [4.78, 5) is 28.5. The first-order chi connectivity index (χ1) is 12.9. The number of hydrogen-bond donors (Lipinski definition) is 3. The van der Waals surface area contributed by atoms with Gasteiger partial charge in [-0.05, 0) is 56.3 Å². The first kappa shape index (κ1) is 18.7. The predicted molar refractivity (Wildman–Crippen MR) is 108 cm³/mol. The van der Waals surface area contributed by atoms with Gasteiger partial charge in [-0.2, -0.15) is 0 Å². The second kappa shape index (κ2) is 8.05. The van der Waals surface area contributed by atoms with Crippen LogP contribution in [0.3, 0.4) is 0 Å². The molecule has 0 radical (unpaired) electrons. The lowest BCUT2D eigenvalue weighted by Gasteiger charge is -2.10. The van der Waals surface area contributed by atoms with Crippen LogP contribution in [0.15, 0.2) is 42.5 Å². The minimum atomic E-state index is -0.285. The summed E-state index contributed by atoms with van der Waals surface area (Å²) in [5.74, 6) is 0.479. The Bertz CT molecular complexity index is 967. The molecule has 3 N–H and O–H groups in total. The number of amides is 3. The Morgan fingerprint density at radius 1 is 1.07 bits per heavy atom. The number of anilines is 2. The van der Waals surface area contributed by atoms with E-state index >= 15 is 0 Å². The van der Waals surface area contributed by atoms with E-state index in [1.807, 2.05) is 32.0 Å². The van der Waals surface area contributed by atoms with Crippen LogP contribution >= 0.6 is 11.3 Å². The quantitative estimate of drug-likeness (QED) is 0.618. The Hall–Kier alpha value is -3.13. The molecule has 1 aromatic heterocycles. The summed E-state index contributed by atoms with van der Waals surface area (Å²) >= 11 is 1.38. The molecule has 0 saturated heterocycles. The highest BCUT2D eigenvalue weighted by molar-refractivity contribution is 7.22. The molecular formula is C19H20N4O3S. The molecule has 0 fully saturated rings. The van der Waals surface area contributed by atoms with Crippen molar-refractivity contribution in [1.29, 1.82) is 0 Å². The van der Waals surface area contributed by atoms with E-state index < -0.39 is 0 Å². The van der Waals surface area contributed by atoms with Gasteiger partial charge in [0.25, 0.3) is 5.91 Å². The molecule has 2 aromatic carbocycles. The molecule has 27 heavy (non-hydrogen) atoms. The number of nitrogens with one attached hydrogen (secondary N) is 3. The van der Waals surface area contributed by atoms with Crippen molar-refractivity contribution < 1.29 is 14.3 Å². The van der Waals surface area contributed by atoms with Gasteiger partial charge in [-0.3, -0.25) is 10.1 Å². The van der Waals surface area contributed by atoms with E-state index in [4.69, 9.17) is 4.74 Å². The van der Waals surface area contributed by atoms with Crippen molar-refractivity contribution in [3.05, 3.63) is 48.0 Å². The van der Waals surface area contributed by atoms with Crippen molar-refractivity contribution in [2.75, 3.05) is 17.7 Å². The molecule has 0 aliphatic carbocycles. The van der Waals surface area contributed by atoms with E-state index in [1.165, 1.54) is 11.3 Å². The van der Waals surface area contributed by atoms with Gasteiger partial charge in [0.1, 0.15) is 5.75 Å². The fourth-order valence-electron chi connectivity index (χ4n) is 2.39. The second-order valence-electron chi connectivity index (χ2n) is 6.14. The maximum Gasteiger partial charge on any atom is 0.319 e. The van der Waals surface area contributed by atoms with Gasteiger partial charge in [0, 0.05) is 17.3 Å². The highest BCUT2D eigenvalue weighted by atomic mass is 32.1. The van der Waals surface area contributed by atoms with Crippen LogP contribution < -0.4 is 20.7 Å². The van der Waals surface area contributed by atoms with E-state index in [-0.39, 0.29) is 18.0 Å². The minimum Gasteiger partial charge on any atom is -0.497 e. The van der Waals surface area contributed by atoms with Crippen LogP contribution in [0, 0.1) is 0 Å². The monoisotopic (exact) mass is 384 g/mol. The Kier molecular flexibility index (Phi) is 5.56. The summed E-state index contributed by atoms with van der Waals surface area (Å²) in [6.45, 7) is 3.76. The first-order valence-electron chi connectivity index (χ1n) is 8.38. The standard InChI is InChI=1S/C19H20N4O3S/c1-11(2)20-18(25)21-13-6-4-12(5-7-13)17(24)23-19-22-15-9-8-14(26-3)10-16(15)27-19/h4-11H,1-3H3,(H2,20,21,25)(H,22,23,24). The van der Waals surface area contributed by atoms with Crippen LogP contribution in [-0.4, -0.2) is 30.1 Å². The van der Waals surface area contributed by atoms with Gasteiger partial charge in [-0.1, -0.05) is 11.3 Å². The number of carbonyl (C=O) groups excluding carboxylic acids is 2. The third-order valence-electron chi connectivity index (χ3n) is 3.64. The van der Waals surface area contributed by atoms with Crippen molar-refractivity contribution in [3.8, 4) is 5.75 Å². The van der Waals surface area contributed by atoms with Gasteiger partial charge in [0.05, 0.1) is 17.3 Å². The molecule has 0 aliphatic heterocycles. The number of fused-ring (bicyclic) bond motifs is 1. The summed E-state index contributed by atoms with van der Waals surface area (Å²) in [7, 11) is 1.61. The van der Waals surface area contributed by atoms with Gasteiger partial charge in [-0.25, -0.2) is 9.78 Å². The number of aromatic nitrogens is 1. The number of benzene rings is 2. The second-order valence-corrected chi connectivity index (χ2v) is 7.17. The molecule has 1 heterocycles. The predicted octanol–water partition coefficient (Wildman–Crippen LogP) is 4.09. The molecule has 0 bridgehead atoms. The number of rotatable bonds is 5. The molecule has 0 saturated carbocycles. The van der Waals surface area contributed by atoms with Gasteiger partial charge in [0.15, 0.2) is 5.13 Å². The normalized spacial score (nSPS) is 10.7. The molecule has 3 rings (SSSR count). The third-order valence-corrected chi connectivity index (χ3v) is 4.57. The number of hydrogen-bond acceptors (Lipinski definition) is 5. The van der Waals surface area contributed by atoms with Crippen LogP contribution in [0.4, 0.5) is 15.6 Å². The van der Waals surface area contributed by atoms with Crippen LogP contribution in [0.5, 0.6) is 5.75 Å². The maximum atomic E-state index is 12.4. The SMILES string of the molecule is COc1ccc2nc(NC(=O)c3ccc(NC(=O)NC(C)C)cc3)sc2c1. The van der Waals surface area contributed by atoms with E-state index in [0.717, 1.165) is 16.0 Å². The zero-order valence-corrected chi connectivity index (χ0v) is 16.0. The highest BCUT2D eigenvalue weighted by Gasteiger charge is 2.11. The average molecular weight is 384 g/mol. The Morgan fingerprint density at radius 2 is 1.81 bits per heavy atom. The summed E-state index contributed by atoms with van der Waals surface area (Å²) in [5.41, 5.74) is 1.88. The Morgan fingerprint density at radius 3 is 2.48 bits per heavy atom. The Labute approximate surface area is 160 Å². The number of ether oxygens (including phenoxy) is 1. The number of nitrogens with zero attached hydrogens (tertiary/aromatic N) is 1. The molecule has 8 heteroatoms. The molecule has 0 aliphatic rings. The van der Waals surface area contributed by atoms with Crippen LogP contribution in [0.2, 0.25) is 0 Å². The molecule has 0 spiro atoms. The Balaban J connectivity index is 1.66. The average Bonchev–Trinajstić information content (AvgIpc) is 3.02. The lowest BCUT2D eigenvalue weighted by molar-refractivity contribution is 0.102. The maximum absolute atomic E-state index is 12.4. The molecule has 3 aromatic rings. The van der Waals surface area contributed by atoms with Crippen LogP contribution in [-0.2, 0) is 0 Å². The number of urea groups is 1. The van der Waals surface area contributed by atoms with Crippen molar-refractivity contribution >= 4 is 44.3 Å². The molecule has 140 valence electrons. The van der Waals surface area contributed by atoms with Crippen molar-refractivity contribution in [2.24, 2.45) is 0 Å². The van der Waals surface area contributed by atoms with Gasteiger partial charge < -0.3 is 15.4 Å². The van der Waals surface area contributed by atoms with Crippen molar-refractivity contribution in [2.45, 2.75) is 19.9 Å². The smallest absolute Gasteiger partial charge is 0.319 e. The molecule has 0 atom stereocenters. The lowest BCUT2D eigenvalue weighted by atomic mass is 10.2. The van der Waals surface area contributed by atoms with Gasteiger partial charge in [-0.15, -0.1) is 0 Å². The largest absolute Gasteiger partial charge is 0.497 e. The summed E-state index contributed by atoms with van der Waals surface area (Å²) < 4.78 is 6.13. The molecule has 7 nitrogen and oxygen atoms in total. The zero-order valence-electron chi connectivity index (χ0n) is 15.2. The molecule has 0 unspecified atom stereocenters. The van der Waals surface area contributed by atoms with Gasteiger partial charge >= 0.3 is 6.03 Å². The first-order valence-corrected chi connectivity index (χ1v) is 9.20. The van der Waals surface area contributed by atoms with Gasteiger partial charge in [0.2, 0.25) is 0 Å². The van der Waals surface area contributed by atoms with E-state index in [0.29, 0.717) is 16.4 Å². The fraction of sp³-hybridized carbons (Fsp3) is 0.211. The van der Waals surface area contributed by atoms with E-state index in [9.17, 15) is 9.59 Å². The molecule has 3 amide bonds. The fourth-order valence-corrected chi connectivity index (χ4v) is 3.28. The van der Waals surface area contributed by atoms with Crippen LogP contribution in [0.1, 0.15) is 24.2 Å². The topological polar surface area (TPSA) is 92.3 Å². The highest BCUT2D eigenvalue weighted by Crippen LogP contribution is 2.29. The van der Waals surface area contributed by atoms with Crippen LogP contribution in [0.25, 0.3) is 10.2 Å². The van der Waals surface area contributed by atoms with Crippen molar-refractivity contribution in [1.82, 2.24) is 10.3 Å².